The topological polar surface area (TPSA) is 0 Å². The van der Waals surface area contributed by atoms with Crippen molar-refractivity contribution in [3.63, 3.8) is 0 Å². The third-order valence-corrected chi connectivity index (χ3v) is 1.95. The molecule has 0 atom stereocenters. The lowest BCUT2D eigenvalue weighted by Crippen LogP contribution is -1.71. The van der Waals surface area contributed by atoms with Crippen molar-refractivity contribution in [2.24, 2.45) is 0 Å². The summed E-state index contributed by atoms with van der Waals surface area (Å²) >= 11 is 0. The van der Waals surface area contributed by atoms with Crippen LogP contribution in [0.15, 0.2) is 11.6 Å². The number of allylic oxidation sites excluding steroid dienone is 2. The molecule has 0 saturated carbocycles. The Morgan fingerprint density at radius 1 is 1.55 bits per heavy atom. The van der Waals surface area contributed by atoms with Gasteiger partial charge in [-0.2, -0.15) is 0 Å². The minimum absolute atomic E-state index is 1.08. The Bertz CT molecular complexity index is 188. The van der Waals surface area contributed by atoms with Crippen molar-refractivity contribution in [3.8, 4) is 11.8 Å². The predicted octanol–water partition coefficient (Wildman–Crippen LogP) is 3.29. The van der Waals surface area contributed by atoms with Gasteiger partial charge in [0, 0.05) is 6.42 Å². The van der Waals surface area contributed by atoms with E-state index in [2.05, 4.69) is 24.8 Å². The molecule has 11 heavy (non-hydrogen) atoms. The zero-order chi connectivity index (χ0) is 7.94. The highest BCUT2D eigenvalue weighted by Crippen LogP contribution is 2.15. The molecule has 1 aliphatic carbocycles. The minimum atomic E-state index is 1.08. The van der Waals surface area contributed by atoms with Crippen LogP contribution in [0.1, 0.15) is 45.4 Å². The molecule has 0 bridgehead atoms. The molecule has 0 fully saturated rings. The second-order valence-corrected chi connectivity index (χ2v) is 3.03. The summed E-state index contributed by atoms with van der Waals surface area (Å²) in [7, 11) is 0. The Labute approximate surface area is 69.7 Å². The van der Waals surface area contributed by atoms with Crippen LogP contribution >= 0.6 is 0 Å². The normalized spacial score (nSPS) is 15.5. The molecule has 0 amide bonds. The van der Waals surface area contributed by atoms with Crippen molar-refractivity contribution in [1.82, 2.24) is 0 Å². The SMILES string of the molecule is CCCCC#CC1=CCCC1. The van der Waals surface area contributed by atoms with Gasteiger partial charge in [-0.3, -0.25) is 0 Å². The number of unbranched alkanes of at least 4 members (excludes halogenated alkanes) is 2. The fraction of sp³-hybridized carbons (Fsp3) is 0.636. The van der Waals surface area contributed by atoms with E-state index in [1.54, 1.807) is 0 Å². The molecule has 0 aromatic heterocycles. The summed E-state index contributed by atoms with van der Waals surface area (Å²) in [6.45, 7) is 2.20. The fourth-order valence-electron chi connectivity index (χ4n) is 1.23. The maximum Gasteiger partial charge on any atom is 0.00922 e. The standard InChI is InChI=1S/C11H16/c1-2-3-4-5-8-11-9-6-7-10-11/h9H,2-4,6-7,10H2,1H3. The Kier molecular flexibility index (Phi) is 3.83. The molecule has 0 saturated heterocycles. The maximum atomic E-state index is 3.23. The van der Waals surface area contributed by atoms with Crippen LogP contribution in [-0.2, 0) is 0 Å². The van der Waals surface area contributed by atoms with Gasteiger partial charge >= 0.3 is 0 Å². The number of hydrogen-bond acceptors (Lipinski definition) is 0. The molecule has 0 aromatic rings. The van der Waals surface area contributed by atoms with E-state index in [9.17, 15) is 0 Å². The molecule has 0 spiro atoms. The average Bonchev–Trinajstić information content (AvgIpc) is 2.50. The lowest BCUT2D eigenvalue weighted by atomic mass is 10.2. The van der Waals surface area contributed by atoms with E-state index in [1.165, 1.54) is 37.7 Å². The van der Waals surface area contributed by atoms with E-state index in [0.717, 1.165) is 6.42 Å². The predicted molar refractivity (Wildman–Crippen MR) is 49.2 cm³/mol. The number of rotatable bonds is 2. The zero-order valence-corrected chi connectivity index (χ0v) is 7.32. The summed E-state index contributed by atoms with van der Waals surface area (Å²) in [6, 6.07) is 0. The summed E-state index contributed by atoms with van der Waals surface area (Å²) in [5.41, 5.74) is 1.38. The Hall–Kier alpha value is -0.700. The molecule has 0 nitrogen and oxygen atoms in total. The van der Waals surface area contributed by atoms with Gasteiger partial charge in [0.1, 0.15) is 0 Å². The van der Waals surface area contributed by atoms with Gasteiger partial charge in [-0.05, 0) is 31.3 Å². The molecule has 0 radical (unpaired) electrons. The fourth-order valence-corrected chi connectivity index (χ4v) is 1.23. The van der Waals surface area contributed by atoms with Crippen LogP contribution in [0.5, 0.6) is 0 Å². The van der Waals surface area contributed by atoms with Crippen LogP contribution in [0, 0.1) is 11.8 Å². The van der Waals surface area contributed by atoms with E-state index < -0.39 is 0 Å². The van der Waals surface area contributed by atoms with Gasteiger partial charge in [0.25, 0.3) is 0 Å². The van der Waals surface area contributed by atoms with E-state index >= 15 is 0 Å². The third kappa shape index (κ3) is 3.28. The van der Waals surface area contributed by atoms with Crippen LogP contribution < -0.4 is 0 Å². The van der Waals surface area contributed by atoms with Crippen molar-refractivity contribution in [3.05, 3.63) is 11.6 Å². The lowest BCUT2D eigenvalue weighted by Gasteiger charge is -1.86. The summed E-state index contributed by atoms with van der Waals surface area (Å²) in [5.74, 6) is 6.44. The van der Waals surface area contributed by atoms with Crippen LogP contribution in [0.3, 0.4) is 0 Å². The van der Waals surface area contributed by atoms with Gasteiger partial charge in [-0.25, -0.2) is 0 Å². The van der Waals surface area contributed by atoms with Gasteiger partial charge < -0.3 is 0 Å². The highest BCUT2D eigenvalue weighted by molar-refractivity contribution is 5.30. The first-order valence-electron chi connectivity index (χ1n) is 4.61. The van der Waals surface area contributed by atoms with E-state index in [0.29, 0.717) is 0 Å². The van der Waals surface area contributed by atoms with Gasteiger partial charge in [-0.1, -0.05) is 31.3 Å². The molecule has 0 aliphatic heterocycles. The molecular weight excluding hydrogens is 132 g/mol. The smallest absolute Gasteiger partial charge is 0.00922 e. The monoisotopic (exact) mass is 148 g/mol. The summed E-state index contributed by atoms with van der Waals surface area (Å²) in [6.07, 6.45) is 9.65. The first-order valence-corrected chi connectivity index (χ1v) is 4.61. The molecular formula is C11H16. The average molecular weight is 148 g/mol. The third-order valence-electron chi connectivity index (χ3n) is 1.95. The minimum Gasteiger partial charge on any atom is -0.0982 e. The van der Waals surface area contributed by atoms with Crippen LogP contribution in [0.25, 0.3) is 0 Å². The largest absolute Gasteiger partial charge is 0.0982 e. The van der Waals surface area contributed by atoms with Gasteiger partial charge in [0.15, 0.2) is 0 Å². The highest BCUT2D eigenvalue weighted by atomic mass is 14.0. The van der Waals surface area contributed by atoms with Gasteiger partial charge in [0.05, 0.1) is 0 Å². The molecule has 0 heteroatoms. The molecule has 0 heterocycles. The van der Waals surface area contributed by atoms with Crippen molar-refractivity contribution in [2.75, 3.05) is 0 Å². The molecule has 0 unspecified atom stereocenters. The Balaban J connectivity index is 2.20. The molecule has 1 rings (SSSR count). The molecule has 0 aromatic carbocycles. The summed E-state index contributed by atoms with van der Waals surface area (Å²) in [5, 5.41) is 0. The van der Waals surface area contributed by atoms with Crippen LogP contribution in [0.2, 0.25) is 0 Å². The number of hydrogen-bond donors (Lipinski definition) is 0. The second-order valence-electron chi connectivity index (χ2n) is 3.03. The zero-order valence-electron chi connectivity index (χ0n) is 7.32. The molecule has 60 valence electrons. The van der Waals surface area contributed by atoms with Crippen LogP contribution in [0.4, 0.5) is 0 Å². The van der Waals surface area contributed by atoms with Crippen molar-refractivity contribution >= 4 is 0 Å². The lowest BCUT2D eigenvalue weighted by molar-refractivity contribution is 0.828. The highest BCUT2D eigenvalue weighted by Gasteiger charge is 1.99. The first-order chi connectivity index (χ1) is 5.43. The Morgan fingerprint density at radius 2 is 2.45 bits per heavy atom. The van der Waals surface area contributed by atoms with Crippen molar-refractivity contribution in [2.45, 2.75) is 45.4 Å². The van der Waals surface area contributed by atoms with Crippen molar-refractivity contribution < 1.29 is 0 Å². The van der Waals surface area contributed by atoms with E-state index in [-0.39, 0.29) is 0 Å². The van der Waals surface area contributed by atoms with E-state index in [4.69, 9.17) is 0 Å². The molecule has 1 aliphatic rings. The van der Waals surface area contributed by atoms with E-state index in [1.807, 2.05) is 0 Å². The quantitative estimate of drug-likeness (QED) is 0.416. The maximum absolute atomic E-state index is 3.23. The van der Waals surface area contributed by atoms with Crippen molar-refractivity contribution in [1.29, 1.82) is 0 Å². The van der Waals surface area contributed by atoms with Crippen LogP contribution in [-0.4, -0.2) is 0 Å². The Morgan fingerprint density at radius 3 is 3.09 bits per heavy atom. The second kappa shape index (κ2) is 5.02. The van der Waals surface area contributed by atoms with Gasteiger partial charge in [0.2, 0.25) is 0 Å². The van der Waals surface area contributed by atoms with Gasteiger partial charge in [-0.15, -0.1) is 0 Å². The first kappa shape index (κ1) is 8.40. The summed E-state index contributed by atoms with van der Waals surface area (Å²) < 4.78 is 0. The summed E-state index contributed by atoms with van der Waals surface area (Å²) in [4.78, 5) is 0. The molecule has 0 N–H and O–H groups in total.